The lowest BCUT2D eigenvalue weighted by atomic mass is 10.1. The highest BCUT2D eigenvalue weighted by Gasteiger charge is 2.39. The Hall–Kier alpha value is -2.65. The van der Waals surface area contributed by atoms with Crippen LogP contribution < -0.4 is 27.2 Å². The highest BCUT2D eigenvalue weighted by Crippen LogP contribution is 2.33. The van der Waals surface area contributed by atoms with E-state index < -0.39 is 5.69 Å². The SMILES string of the molecule is Cn1c2c(c(=O)n(C)c1=O)N(Cc1cccc(F)c1)C(N1CCCC(N)C1)N2. The van der Waals surface area contributed by atoms with Crippen molar-refractivity contribution < 1.29 is 4.39 Å². The third-order valence-corrected chi connectivity index (χ3v) is 5.57. The van der Waals surface area contributed by atoms with Crippen LogP contribution in [0.15, 0.2) is 33.9 Å². The lowest BCUT2D eigenvalue weighted by molar-refractivity contribution is 0.162. The first-order chi connectivity index (χ1) is 13.4. The van der Waals surface area contributed by atoms with Crippen LogP contribution in [0.4, 0.5) is 15.9 Å². The van der Waals surface area contributed by atoms with E-state index >= 15 is 0 Å². The number of hydrogen-bond acceptors (Lipinski definition) is 6. The number of likely N-dealkylation sites (tertiary alicyclic amines) is 1. The Labute approximate surface area is 162 Å². The van der Waals surface area contributed by atoms with Gasteiger partial charge in [0.15, 0.2) is 6.29 Å². The molecule has 0 aliphatic carbocycles. The Balaban J connectivity index is 1.80. The second-order valence-electron chi connectivity index (χ2n) is 7.58. The lowest BCUT2D eigenvalue weighted by Gasteiger charge is -2.39. The van der Waals surface area contributed by atoms with Crippen molar-refractivity contribution in [2.75, 3.05) is 23.3 Å². The molecular formula is C19H25FN6O2. The fraction of sp³-hybridized carbons (Fsp3) is 0.474. The van der Waals surface area contributed by atoms with Crippen LogP contribution in [0.2, 0.25) is 0 Å². The van der Waals surface area contributed by atoms with Crippen LogP contribution in [-0.4, -0.2) is 39.5 Å². The molecule has 2 aliphatic rings. The van der Waals surface area contributed by atoms with Gasteiger partial charge in [-0.2, -0.15) is 0 Å². The van der Waals surface area contributed by atoms with Crippen LogP contribution >= 0.6 is 0 Å². The Morgan fingerprint density at radius 2 is 2.04 bits per heavy atom. The minimum absolute atomic E-state index is 0.0573. The summed E-state index contributed by atoms with van der Waals surface area (Å²) in [5.41, 5.74) is 6.57. The van der Waals surface area contributed by atoms with Gasteiger partial charge in [0.25, 0.3) is 5.56 Å². The molecule has 1 fully saturated rings. The summed E-state index contributed by atoms with van der Waals surface area (Å²) in [6, 6.07) is 6.39. The van der Waals surface area contributed by atoms with E-state index in [1.807, 2.05) is 11.0 Å². The van der Waals surface area contributed by atoms with E-state index in [0.717, 1.165) is 29.5 Å². The molecule has 0 bridgehead atoms. The molecule has 3 N–H and O–H groups in total. The summed E-state index contributed by atoms with van der Waals surface area (Å²) < 4.78 is 16.3. The summed E-state index contributed by atoms with van der Waals surface area (Å²) in [6.07, 6.45) is 1.59. The molecule has 0 spiro atoms. The number of anilines is 2. The molecule has 2 unspecified atom stereocenters. The van der Waals surface area contributed by atoms with E-state index in [1.54, 1.807) is 13.1 Å². The van der Waals surface area contributed by atoms with Crippen molar-refractivity contribution in [3.05, 3.63) is 56.5 Å². The third-order valence-electron chi connectivity index (χ3n) is 5.57. The standard InChI is InChI=1S/C19H25FN6O2/c1-23-16-15(17(27)24(2)19(23)28)26(10-12-5-3-6-13(20)9-12)18(22-16)25-8-4-7-14(21)11-25/h3,5-6,9,14,18,22H,4,7-8,10-11,21H2,1-2H3. The van der Waals surface area contributed by atoms with Crippen molar-refractivity contribution in [3.63, 3.8) is 0 Å². The second kappa shape index (κ2) is 7.06. The van der Waals surface area contributed by atoms with Crippen molar-refractivity contribution in [2.45, 2.75) is 31.7 Å². The first kappa shape index (κ1) is 18.7. The average Bonchev–Trinajstić information content (AvgIpc) is 3.04. The zero-order valence-electron chi connectivity index (χ0n) is 16.1. The van der Waals surface area contributed by atoms with Gasteiger partial charge in [-0.15, -0.1) is 0 Å². The molecule has 1 aromatic carbocycles. The second-order valence-corrected chi connectivity index (χ2v) is 7.58. The van der Waals surface area contributed by atoms with Gasteiger partial charge in [0.2, 0.25) is 0 Å². The van der Waals surface area contributed by atoms with Gasteiger partial charge in [0, 0.05) is 39.8 Å². The minimum atomic E-state index is -0.391. The number of rotatable bonds is 3. The van der Waals surface area contributed by atoms with E-state index in [2.05, 4.69) is 10.2 Å². The molecule has 28 heavy (non-hydrogen) atoms. The monoisotopic (exact) mass is 388 g/mol. The summed E-state index contributed by atoms with van der Waals surface area (Å²) in [7, 11) is 3.10. The third kappa shape index (κ3) is 3.10. The molecule has 2 atom stereocenters. The fourth-order valence-corrected chi connectivity index (χ4v) is 4.12. The number of aromatic nitrogens is 2. The first-order valence-electron chi connectivity index (χ1n) is 9.44. The number of nitrogens with two attached hydrogens (primary N) is 1. The predicted molar refractivity (Wildman–Crippen MR) is 106 cm³/mol. The Morgan fingerprint density at radius 1 is 1.25 bits per heavy atom. The van der Waals surface area contributed by atoms with Crippen molar-refractivity contribution in [2.24, 2.45) is 19.8 Å². The molecule has 3 heterocycles. The number of piperidine rings is 1. The molecule has 8 nitrogen and oxygen atoms in total. The number of hydrogen-bond donors (Lipinski definition) is 2. The quantitative estimate of drug-likeness (QED) is 0.790. The van der Waals surface area contributed by atoms with Crippen molar-refractivity contribution in [3.8, 4) is 0 Å². The maximum atomic E-state index is 13.7. The fourth-order valence-electron chi connectivity index (χ4n) is 4.12. The summed E-state index contributed by atoms with van der Waals surface area (Å²) in [4.78, 5) is 29.4. The maximum Gasteiger partial charge on any atom is 0.332 e. The predicted octanol–water partition coefficient (Wildman–Crippen LogP) is 0.362. The average molecular weight is 388 g/mol. The molecular weight excluding hydrogens is 363 g/mol. The van der Waals surface area contributed by atoms with Crippen LogP contribution in [0, 0.1) is 5.82 Å². The molecule has 150 valence electrons. The Morgan fingerprint density at radius 3 is 2.75 bits per heavy atom. The van der Waals surface area contributed by atoms with Gasteiger partial charge < -0.3 is 16.0 Å². The molecule has 9 heteroatoms. The largest absolute Gasteiger partial charge is 0.337 e. The molecule has 2 aliphatic heterocycles. The number of fused-ring (bicyclic) bond motifs is 1. The summed E-state index contributed by atoms with van der Waals surface area (Å²) in [5, 5.41) is 3.34. The van der Waals surface area contributed by atoms with E-state index in [9.17, 15) is 14.0 Å². The minimum Gasteiger partial charge on any atom is -0.337 e. The topological polar surface area (TPSA) is 88.5 Å². The summed E-state index contributed by atoms with van der Waals surface area (Å²) in [5.74, 6) is 0.156. The van der Waals surface area contributed by atoms with Gasteiger partial charge in [-0.25, -0.2) is 9.18 Å². The van der Waals surface area contributed by atoms with Crippen molar-refractivity contribution in [1.82, 2.24) is 14.0 Å². The molecule has 1 saturated heterocycles. The van der Waals surface area contributed by atoms with Gasteiger partial charge in [-0.3, -0.25) is 18.8 Å². The molecule has 0 radical (unpaired) electrons. The number of halogens is 1. The van der Waals surface area contributed by atoms with Gasteiger partial charge in [0.05, 0.1) is 0 Å². The highest BCUT2D eigenvalue weighted by atomic mass is 19.1. The van der Waals surface area contributed by atoms with E-state index in [1.165, 1.54) is 23.7 Å². The maximum absolute atomic E-state index is 13.7. The van der Waals surface area contributed by atoms with Crippen LogP contribution in [0.1, 0.15) is 18.4 Å². The van der Waals surface area contributed by atoms with Crippen molar-refractivity contribution >= 4 is 11.5 Å². The Bertz CT molecular complexity index is 1020. The molecule has 0 saturated carbocycles. The zero-order chi connectivity index (χ0) is 20.0. The smallest absolute Gasteiger partial charge is 0.332 e. The van der Waals surface area contributed by atoms with Crippen molar-refractivity contribution in [1.29, 1.82) is 0 Å². The Kier molecular flexibility index (Phi) is 4.72. The van der Waals surface area contributed by atoms with Gasteiger partial charge >= 0.3 is 5.69 Å². The number of nitrogens with zero attached hydrogens (tertiary/aromatic N) is 4. The summed E-state index contributed by atoms with van der Waals surface area (Å²) in [6.45, 7) is 1.84. The van der Waals surface area contributed by atoms with E-state index in [0.29, 0.717) is 24.6 Å². The van der Waals surface area contributed by atoms with E-state index in [4.69, 9.17) is 5.73 Å². The number of nitrogens with one attached hydrogen (secondary N) is 1. The molecule has 0 amide bonds. The normalized spacial score (nSPS) is 22.2. The lowest BCUT2D eigenvalue weighted by Crippen LogP contribution is -2.56. The van der Waals surface area contributed by atoms with Gasteiger partial charge in [-0.05, 0) is 30.5 Å². The molecule has 2 aromatic rings. The van der Waals surface area contributed by atoms with Crippen LogP contribution in [0.5, 0.6) is 0 Å². The zero-order valence-corrected chi connectivity index (χ0v) is 16.1. The highest BCUT2D eigenvalue weighted by molar-refractivity contribution is 5.71. The number of benzene rings is 1. The van der Waals surface area contributed by atoms with E-state index in [-0.39, 0.29) is 23.7 Å². The van der Waals surface area contributed by atoms with Crippen LogP contribution in [0.3, 0.4) is 0 Å². The van der Waals surface area contributed by atoms with Crippen LogP contribution in [-0.2, 0) is 20.6 Å². The molecule has 1 aromatic heterocycles. The first-order valence-corrected chi connectivity index (χ1v) is 9.44. The van der Waals surface area contributed by atoms with Crippen LogP contribution in [0.25, 0.3) is 0 Å². The van der Waals surface area contributed by atoms with Gasteiger partial charge in [-0.1, -0.05) is 12.1 Å². The molecule has 4 rings (SSSR count). The summed E-state index contributed by atoms with van der Waals surface area (Å²) >= 11 is 0. The van der Waals surface area contributed by atoms with Gasteiger partial charge in [0.1, 0.15) is 17.3 Å².